The lowest BCUT2D eigenvalue weighted by Crippen LogP contribution is -2.51. The van der Waals surface area contributed by atoms with Crippen molar-refractivity contribution in [1.82, 2.24) is 10.2 Å². The van der Waals surface area contributed by atoms with Crippen LogP contribution in [0.3, 0.4) is 0 Å². The van der Waals surface area contributed by atoms with Gasteiger partial charge in [-0.1, -0.05) is 12.2 Å². The molecule has 9 heteroatoms. The second kappa shape index (κ2) is 6.82. The topological polar surface area (TPSA) is 86.7 Å². The van der Waals surface area contributed by atoms with Crippen molar-refractivity contribution in [3.63, 3.8) is 0 Å². The Hall–Kier alpha value is -2.06. The number of carboxylic acids is 1. The largest absolute Gasteiger partial charge is 0.480 e. The first-order valence-electron chi connectivity index (χ1n) is 7.68. The van der Waals surface area contributed by atoms with Crippen molar-refractivity contribution in [3.05, 3.63) is 12.2 Å². The second-order valence-electron chi connectivity index (χ2n) is 6.17. The lowest BCUT2D eigenvalue weighted by atomic mass is 9.82. The zero-order chi connectivity index (χ0) is 18.0. The van der Waals surface area contributed by atoms with E-state index in [1.54, 1.807) is 12.2 Å². The Morgan fingerprint density at radius 3 is 2.17 bits per heavy atom. The van der Waals surface area contributed by atoms with Crippen molar-refractivity contribution in [1.29, 1.82) is 0 Å². The molecule has 0 aromatic carbocycles. The van der Waals surface area contributed by atoms with Crippen molar-refractivity contribution in [2.24, 2.45) is 11.3 Å². The number of aliphatic carboxylic acids is 1. The predicted molar refractivity (Wildman–Crippen MR) is 76.8 cm³/mol. The molecule has 134 valence electrons. The van der Waals surface area contributed by atoms with Crippen LogP contribution in [-0.4, -0.2) is 53.6 Å². The first-order chi connectivity index (χ1) is 11.2. The normalized spacial score (nSPS) is 20.9. The van der Waals surface area contributed by atoms with E-state index in [9.17, 15) is 32.7 Å². The molecular formula is C15H19F3N2O4. The minimum Gasteiger partial charge on any atom is -0.480 e. The Balaban J connectivity index is 1.89. The van der Waals surface area contributed by atoms with Gasteiger partial charge in [-0.25, -0.2) is 0 Å². The molecular weight excluding hydrogens is 329 g/mol. The van der Waals surface area contributed by atoms with Gasteiger partial charge in [0.15, 0.2) is 5.41 Å². The summed E-state index contributed by atoms with van der Waals surface area (Å²) in [4.78, 5) is 37.2. The van der Waals surface area contributed by atoms with Gasteiger partial charge >= 0.3 is 12.1 Å². The van der Waals surface area contributed by atoms with Crippen LogP contribution in [0.5, 0.6) is 0 Å². The van der Waals surface area contributed by atoms with Crippen molar-refractivity contribution in [2.75, 3.05) is 19.6 Å². The first-order valence-corrected chi connectivity index (χ1v) is 7.68. The maximum Gasteiger partial charge on any atom is 0.405 e. The van der Waals surface area contributed by atoms with Gasteiger partial charge in [-0.15, -0.1) is 0 Å². The molecule has 0 spiro atoms. The van der Waals surface area contributed by atoms with E-state index in [2.05, 4.69) is 0 Å². The fourth-order valence-electron chi connectivity index (χ4n) is 3.07. The summed E-state index contributed by atoms with van der Waals surface area (Å²) in [6, 6.07) is 0. The van der Waals surface area contributed by atoms with Crippen molar-refractivity contribution >= 4 is 17.8 Å². The average molecular weight is 348 g/mol. The van der Waals surface area contributed by atoms with E-state index in [-0.39, 0.29) is 38.8 Å². The highest BCUT2D eigenvalue weighted by molar-refractivity contribution is 6.02. The van der Waals surface area contributed by atoms with Gasteiger partial charge in [-0.05, 0) is 25.7 Å². The molecule has 1 heterocycles. The number of hydrogen-bond donors (Lipinski definition) is 2. The zero-order valence-electron chi connectivity index (χ0n) is 12.9. The molecule has 2 N–H and O–H groups in total. The number of allylic oxidation sites excluding steroid dienone is 2. The summed E-state index contributed by atoms with van der Waals surface area (Å²) in [5.74, 6) is -2.95. The molecule has 1 aliphatic carbocycles. The molecule has 0 atom stereocenters. The molecule has 0 unspecified atom stereocenters. The first kappa shape index (κ1) is 18.3. The Morgan fingerprint density at radius 1 is 1.17 bits per heavy atom. The molecule has 24 heavy (non-hydrogen) atoms. The van der Waals surface area contributed by atoms with Crippen molar-refractivity contribution < 1.29 is 32.7 Å². The molecule has 0 bridgehead atoms. The number of hydrogen-bond acceptors (Lipinski definition) is 3. The van der Waals surface area contributed by atoms with E-state index in [0.717, 1.165) is 0 Å². The molecule has 0 saturated carbocycles. The standard InChI is InChI=1S/C15H19F3N2O4/c16-15(17,18)9-19-11(21)10-3-7-20(8-4-10)12(22)14(13(23)24)5-1-2-6-14/h1-2,10H,3-9H2,(H,19,21)(H,23,24). The quantitative estimate of drug-likeness (QED) is 0.593. The number of alkyl halides is 3. The van der Waals surface area contributed by atoms with E-state index in [0.29, 0.717) is 0 Å². The summed E-state index contributed by atoms with van der Waals surface area (Å²) in [5.41, 5.74) is -1.48. The monoisotopic (exact) mass is 348 g/mol. The Morgan fingerprint density at radius 2 is 1.71 bits per heavy atom. The van der Waals surface area contributed by atoms with Gasteiger partial charge in [0.25, 0.3) is 0 Å². The maximum absolute atomic E-state index is 12.6. The molecule has 0 aromatic rings. The minimum absolute atomic E-state index is 0.132. The number of carbonyl (C=O) groups excluding carboxylic acids is 2. The summed E-state index contributed by atoms with van der Waals surface area (Å²) in [7, 11) is 0. The van der Waals surface area contributed by atoms with E-state index in [4.69, 9.17) is 0 Å². The molecule has 0 aromatic heterocycles. The number of halogens is 3. The third-order valence-electron chi connectivity index (χ3n) is 4.53. The van der Waals surface area contributed by atoms with Crippen LogP contribution in [0.2, 0.25) is 0 Å². The number of carboxylic acid groups (broad SMARTS) is 1. The van der Waals surface area contributed by atoms with Gasteiger partial charge in [0.05, 0.1) is 0 Å². The van der Waals surface area contributed by atoms with Crippen LogP contribution in [0.25, 0.3) is 0 Å². The number of carbonyl (C=O) groups is 3. The molecule has 2 rings (SSSR count). The number of likely N-dealkylation sites (tertiary alicyclic amines) is 1. The SMILES string of the molecule is O=C(NCC(F)(F)F)C1CCN(C(=O)C2(C(=O)O)CC=CC2)CC1. The molecule has 0 radical (unpaired) electrons. The minimum atomic E-state index is -4.46. The van der Waals surface area contributed by atoms with Crippen LogP contribution >= 0.6 is 0 Å². The number of piperidine rings is 1. The number of nitrogens with one attached hydrogen (secondary N) is 1. The van der Waals surface area contributed by atoms with E-state index in [1.807, 2.05) is 5.32 Å². The van der Waals surface area contributed by atoms with Crippen LogP contribution in [-0.2, 0) is 14.4 Å². The molecule has 1 aliphatic heterocycles. The summed E-state index contributed by atoms with van der Waals surface area (Å²) < 4.78 is 36.3. The van der Waals surface area contributed by atoms with Crippen LogP contribution in [0.4, 0.5) is 13.2 Å². The number of nitrogens with zero attached hydrogens (tertiary/aromatic N) is 1. The fourth-order valence-corrected chi connectivity index (χ4v) is 3.07. The molecule has 2 amide bonds. The molecule has 1 fully saturated rings. The maximum atomic E-state index is 12.6. The Bertz CT molecular complexity index is 543. The lowest BCUT2D eigenvalue weighted by molar-refractivity contribution is -0.161. The van der Waals surface area contributed by atoms with E-state index < -0.39 is 41.8 Å². The number of amides is 2. The third-order valence-corrected chi connectivity index (χ3v) is 4.53. The van der Waals surface area contributed by atoms with E-state index in [1.165, 1.54) is 4.90 Å². The Labute approximate surface area is 136 Å². The average Bonchev–Trinajstić information content (AvgIpc) is 3.02. The zero-order valence-corrected chi connectivity index (χ0v) is 12.9. The second-order valence-corrected chi connectivity index (χ2v) is 6.17. The predicted octanol–water partition coefficient (Wildman–Crippen LogP) is 1.32. The van der Waals surface area contributed by atoms with Gasteiger partial charge in [0, 0.05) is 19.0 Å². The van der Waals surface area contributed by atoms with Crippen molar-refractivity contribution in [2.45, 2.75) is 31.9 Å². The summed E-state index contributed by atoms with van der Waals surface area (Å²) >= 11 is 0. The highest BCUT2D eigenvalue weighted by atomic mass is 19.4. The van der Waals surface area contributed by atoms with Crippen molar-refractivity contribution in [3.8, 4) is 0 Å². The number of rotatable bonds is 4. The fraction of sp³-hybridized carbons (Fsp3) is 0.667. The summed E-state index contributed by atoms with van der Waals surface area (Å²) in [6.07, 6.45) is -0.445. The van der Waals surface area contributed by atoms with Crippen LogP contribution in [0.1, 0.15) is 25.7 Å². The Kier molecular flexibility index (Phi) is 5.19. The molecule has 1 saturated heterocycles. The smallest absolute Gasteiger partial charge is 0.405 e. The van der Waals surface area contributed by atoms with Crippen LogP contribution in [0.15, 0.2) is 12.2 Å². The van der Waals surface area contributed by atoms with Crippen LogP contribution in [0, 0.1) is 11.3 Å². The summed E-state index contributed by atoms with van der Waals surface area (Å²) in [6.45, 7) is -1.05. The molecule has 2 aliphatic rings. The van der Waals surface area contributed by atoms with Gasteiger partial charge < -0.3 is 15.3 Å². The van der Waals surface area contributed by atoms with Gasteiger partial charge in [0.2, 0.25) is 11.8 Å². The van der Waals surface area contributed by atoms with Gasteiger partial charge in [0.1, 0.15) is 6.54 Å². The van der Waals surface area contributed by atoms with Gasteiger partial charge in [-0.2, -0.15) is 13.2 Å². The lowest BCUT2D eigenvalue weighted by Gasteiger charge is -2.36. The van der Waals surface area contributed by atoms with E-state index >= 15 is 0 Å². The summed E-state index contributed by atoms with van der Waals surface area (Å²) in [5, 5.41) is 11.2. The highest BCUT2D eigenvalue weighted by Crippen LogP contribution is 2.36. The molecule has 6 nitrogen and oxygen atoms in total. The highest BCUT2D eigenvalue weighted by Gasteiger charge is 2.49. The third kappa shape index (κ3) is 3.88. The van der Waals surface area contributed by atoms with Gasteiger partial charge in [-0.3, -0.25) is 14.4 Å². The van der Waals surface area contributed by atoms with Crippen LogP contribution < -0.4 is 5.32 Å².